The molecule has 19 nitrogen and oxygen atoms in total. The third kappa shape index (κ3) is 12.0. The molecular weight excluding hydrogens is 530 g/mol. The second kappa shape index (κ2) is 16.8. The third-order valence-electron chi connectivity index (χ3n) is 5.04. The standard InChI is InChI=1S/C20H35N7O12/c1-7(23-19(37)14(22)8(2)31)15(33)25-10(4-28)17(35)24-9(3-13(21)32)16(34)26-11(5-29)18(36)27-12(6-30)20(38)39/h7-12,14,28-31H,3-6,22H2,1-2H3,(H2,21,32)(H,23,37)(H,24,35)(H,25,33)(H,26,34)(H,27,36)(H,38,39)/t7-,8+,9-,10-,11-,12-,14-/m0/s1. The molecule has 0 saturated heterocycles. The van der Waals surface area contributed by atoms with Gasteiger partial charge in [0.1, 0.15) is 36.3 Å². The molecule has 0 aliphatic carbocycles. The maximum atomic E-state index is 12.6. The lowest BCUT2D eigenvalue weighted by atomic mass is 10.1. The fraction of sp³-hybridized carbons (Fsp3) is 0.650. The molecule has 0 aliphatic rings. The predicted molar refractivity (Wildman–Crippen MR) is 128 cm³/mol. The molecule has 19 heteroatoms. The summed E-state index contributed by atoms with van der Waals surface area (Å²) < 4.78 is 0. The second-order valence-corrected chi connectivity index (χ2v) is 8.30. The van der Waals surface area contributed by atoms with E-state index < -0.39 is 110 Å². The van der Waals surface area contributed by atoms with Gasteiger partial charge in [0.2, 0.25) is 35.4 Å². The Kier molecular flexibility index (Phi) is 15.1. The van der Waals surface area contributed by atoms with Crippen LogP contribution in [0.3, 0.4) is 0 Å². The molecule has 39 heavy (non-hydrogen) atoms. The van der Waals surface area contributed by atoms with E-state index in [2.05, 4.69) is 10.6 Å². The molecule has 0 aromatic heterocycles. The van der Waals surface area contributed by atoms with Crippen LogP contribution in [0.2, 0.25) is 0 Å². The SMILES string of the molecule is C[C@H](NC(=O)[C@@H](N)[C@@H](C)O)C(=O)N[C@@H](CO)C(=O)N[C@@H](CC(N)=O)C(=O)N[C@@H](CO)C(=O)N[C@@H](CO)C(=O)O. The number of nitrogens with one attached hydrogen (secondary N) is 5. The minimum absolute atomic E-state index is 0.832. The second-order valence-electron chi connectivity index (χ2n) is 8.30. The molecule has 222 valence electrons. The van der Waals surface area contributed by atoms with Crippen molar-refractivity contribution in [3.05, 3.63) is 0 Å². The largest absolute Gasteiger partial charge is 0.480 e. The number of amides is 6. The van der Waals surface area contributed by atoms with E-state index in [1.807, 2.05) is 16.0 Å². The molecule has 0 saturated carbocycles. The molecule has 0 rings (SSSR count). The van der Waals surface area contributed by atoms with E-state index in [-0.39, 0.29) is 0 Å². The van der Waals surface area contributed by atoms with E-state index in [0.29, 0.717) is 0 Å². The van der Waals surface area contributed by atoms with Gasteiger partial charge in [-0.05, 0) is 13.8 Å². The van der Waals surface area contributed by atoms with Gasteiger partial charge in [-0.1, -0.05) is 0 Å². The summed E-state index contributed by atoms with van der Waals surface area (Å²) in [5.41, 5.74) is 10.6. The fourth-order valence-electron chi connectivity index (χ4n) is 2.69. The van der Waals surface area contributed by atoms with Crippen molar-refractivity contribution < 1.29 is 59.1 Å². The number of aliphatic hydroxyl groups is 4. The van der Waals surface area contributed by atoms with Crippen molar-refractivity contribution in [2.45, 2.75) is 62.6 Å². The molecule has 0 fully saturated rings. The molecule has 14 N–H and O–H groups in total. The average Bonchev–Trinajstić information content (AvgIpc) is 2.86. The first-order valence-electron chi connectivity index (χ1n) is 11.4. The number of carbonyl (C=O) groups is 7. The maximum absolute atomic E-state index is 12.6. The summed E-state index contributed by atoms with van der Waals surface area (Å²) in [5.74, 6) is -8.20. The molecule has 6 amide bonds. The summed E-state index contributed by atoms with van der Waals surface area (Å²) >= 11 is 0. The number of carbonyl (C=O) groups excluding carboxylic acids is 6. The first-order chi connectivity index (χ1) is 18.1. The number of carboxylic acid groups (broad SMARTS) is 1. The van der Waals surface area contributed by atoms with Crippen molar-refractivity contribution in [1.29, 1.82) is 0 Å². The van der Waals surface area contributed by atoms with Crippen LogP contribution in [0, 0.1) is 0 Å². The molecule has 0 radical (unpaired) electrons. The van der Waals surface area contributed by atoms with E-state index >= 15 is 0 Å². The monoisotopic (exact) mass is 565 g/mol. The summed E-state index contributed by atoms with van der Waals surface area (Å²) in [7, 11) is 0. The van der Waals surface area contributed by atoms with Crippen LogP contribution in [0.15, 0.2) is 0 Å². The first-order valence-corrected chi connectivity index (χ1v) is 11.4. The van der Waals surface area contributed by atoms with Crippen LogP contribution < -0.4 is 38.1 Å². The van der Waals surface area contributed by atoms with Gasteiger partial charge in [-0.2, -0.15) is 0 Å². The van der Waals surface area contributed by atoms with Gasteiger partial charge >= 0.3 is 5.97 Å². The van der Waals surface area contributed by atoms with E-state index in [9.17, 15) is 48.9 Å². The lowest BCUT2D eigenvalue weighted by Gasteiger charge is -2.25. The number of hydrogen-bond acceptors (Lipinski definition) is 12. The summed E-state index contributed by atoms with van der Waals surface area (Å²) in [6.45, 7) is -0.599. The van der Waals surface area contributed by atoms with Gasteiger partial charge < -0.3 is 63.6 Å². The van der Waals surface area contributed by atoms with E-state index in [0.717, 1.165) is 0 Å². The molecule has 0 heterocycles. The van der Waals surface area contributed by atoms with Crippen molar-refractivity contribution in [1.82, 2.24) is 26.6 Å². The van der Waals surface area contributed by atoms with Gasteiger partial charge in [-0.25, -0.2) is 4.79 Å². The van der Waals surface area contributed by atoms with E-state index in [1.165, 1.54) is 13.8 Å². The van der Waals surface area contributed by atoms with Crippen LogP contribution in [0.25, 0.3) is 0 Å². The highest BCUT2D eigenvalue weighted by Gasteiger charge is 2.32. The Bertz CT molecular complexity index is 915. The van der Waals surface area contributed by atoms with Gasteiger partial charge in [0.25, 0.3) is 0 Å². The van der Waals surface area contributed by atoms with E-state index in [4.69, 9.17) is 21.7 Å². The van der Waals surface area contributed by atoms with Gasteiger partial charge in [-0.15, -0.1) is 0 Å². The van der Waals surface area contributed by atoms with Crippen LogP contribution in [0.4, 0.5) is 0 Å². The van der Waals surface area contributed by atoms with Crippen molar-refractivity contribution in [3.63, 3.8) is 0 Å². The normalized spacial score (nSPS) is 16.2. The molecule has 0 bridgehead atoms. The summed E-state index contributed by atoms with van der Waals surface area (Å²) in [6, 6.07) is -9.65. The Morgan fingerprint density at radius 1 is 0.641 bits per heavy atom. The summed E-state index contributed by atoms with van der Waals surface area (Å²) in [4.78, 5) is 84.1. The Morgan fingerprint density at radius 2 is 1.03 bits per heavy atom. The Labute approximate surface area is 221 Å². The number of nitrogens with two attached hydrogens (primary N) is 2. The van der Waals surface area contributed by atoms with Crippen LogP contribution >= 0.6 is 0 Å². The number of primary amides is 1. The first kappa shape index (κ1) is 35.1. The minimum Gasteiger partial charge on any atom is -0.480 e. The smallest absolute Gasteiger partial charge is 0.328 e. The maximum Gasteiger partial charge on any atom is 0.328 e. The highest BCUT2D eigenvalue weighted by atomic mass is 16.4. The van der Waals surface area contributed by atoms with Gasteiger partial charge in [0.05, 0.1) is 32.3 Å². The Morgan fingerprint density at radius 3 is 1.41 bits per heavy atom. The molecular formula is C20H35N7O12. The lowest BCUT2D eigenvalue weighted by molar-refractivity contribution is -0.143. The molecule has 0 aliphatic heterocycles. The van der Waals surface area contributed by atoms with E-state index in [1.54, 1.807) is 0 Å². The van der Waals surface area contributed by atoms with Crippen molar-refractivity contribution in [2.24, 2.45) is 11.5 Å². The predicted octanol–water partition coefficient (Wildman–Crippen LogP) is -7.92. The van der Waals surface area contributed by atoms with Crippen molar-refractivity contribution >= 4 is 41.4 Å². The summed E-state index contributed by atoms with van der Waals surface area (Å²) in [6.07, 6.45) is -2.06. The third-order valence-corrected chi connectivity index (χ3v) is 5.04. The quantitative estimate of drug-likeness (QED) is 0.0780. The molecule has 0 aromatic carbocycles. The summed E-state index contributed by atoms with van der Waals surface area (Å²) in [5, 5.41) is 56.4. The van der Waals surface area contributed by atoms with Crippen LogP contribution in [-0.4, -0.2) is 129 Å². The van der Waals surface area contributed by atoms with Crippen LogP contribution in [0.5, 0.6) is 0 Å². The Hall–Kier alpha value is -3.91. The zero-order valence-corrected chi connectivity index (χ0v) is 21.1. The highest BCUT2D eigenvalue weighted by Crippen LogP contribution is 1.98. The van der Waals surface area contributed by atoms with Gasteiger partial charge in [0, 0.05) is 0 Å². The minimum atomic E-state index is -1.78. The van der Waals surface area contributed by atoms with Gasteiger partial charge in [-0.3, -0.25) is 28.8 Å². The lowest BCUT2D eigenvalue weighted by Crippen LogP contribution is -2.61. The zero-order chi connectivity index (χ0) is 30.4. The number of rotatable bonds is 17. The van der Waals surface area contributed by atoms with Gasteiger partial charge in [0.15, 0.2) is 0 Å². The zero-order valence-electron chi connectivity index (χ0n) is 21.1. The number of aliphatic carboxylic acids is 1. The molecule has 0 aromatic rings. The fourth-order valence-corrected chi connectivity index (χ4v) is 2.69. The molecule has 7 atom stereocenters. The number of hydrogen-bond donors (Lipinski definition) is 12. The number of carboxylic acids is 1. The average molecular weight is 566 g/mol. The van der Waals surface area contributed by atoms with Crippen molar-refractivity contribution in [3.8, 4) is 0 Å². The van der Waals surface area contributed by atoms with Crippen molar-refractivity contribution in [2.75, 3.05) is 19.8 Å². The topological polar surface area (TPSA) is 333 Å². The van der Waals surface area contributed by atoms with Crippen LogP contribution in [-0.2, 0) is 33.6 Å². The van der Waals surface area contributed by atoms with Crippen LogP contribution in [0.1, 0.15) is 20.3 Å². The molecule has 0 unspecified atom stereocenters. The highest BCUT2D eigenvalue weighted by molar-refractivity contribution is 5.97. The number of aliphatic hydroxyl groups excluding tert-OH is 4. The Balaban J connectivity index is 5.43. The molecule has 0 spiro atoms.